The highest BCUT2D eigenvalue weighted by atomic mass is 19.2. The molecule has 3 aromatic rings. The summed E-state index contributed by atoms with van der Waals surface area (Å²) in [6.45, 7) is 8.62. The van der Waals surface area contributed by atoms with E-state index in [1.54, 1.807) is 46.8 Å². The molecule has 13 nitrogen and oxygen atoms in total. The van der Waals surface area contributed by atoms with Gasteiger partial charge in [-0.05, 0) is 95.0 Å². The molecule has 0 aliphatic carbocycles. The van der Waals surface area contributed by atoms with Crippen LogP contribution in [0.5, 0.6) is 11.5 Å². The lowest BCUT2D eigenvalue weighted by molar-refractivity contribution is -0.144. The van der Waals surface area contributed by atoms with Crippen LogP contribution in [-0.4, -0.2) is 87.5 Å². The number of rotatable bonds is 13. The lowest BCUT2D eigenvalue weighted by atomic mass is 10.00. The Labute approximate surface area is 306 Å². The van der Waals surface area contributed by atoms with Gasteiger partial charge in [0, 0.05) is 31.9 Å². The number of benzene rings is 3. The predicted octanol–water partition coefficient (Wildman–Crippen LogP) is 6.06. The van der Waals surface area contributed by atoms with Crippen molar-refractivity contribution in [2.45, 2.75) is 65.2 Å². The van der Waals surface area contributed by atoms with Crippen LogP contribution in [0.2, 0.25) is 0 Å². The molecule has 0 bridgehead atoms. The smallest absolute Gasteiger partial charge is 0.467 e. The van der Waals surface area contributed by atoms with Crippen LogP contribution in [-0.2, 0) is 23.8 Å². The lowest BCUT2D eigenvalue weighted by Gasteiger charge is -2.29. The standard InChI is InChI=1S/C38H44F2N2O11/c1-22-17-26(18-23(2)34(22)50-21-48-7)35(44)41-28-19-42(53-37(46)52-38(3,4)5)16-8-9-29(28)51-36(45)25-12-10-24(11-13-25)33(43)31-30(49-20-47-6)15-14-27(39)32(31)40/h10-15,17-18,28-29H,8-9,16,19-21H2,1-7H3,(H,41,44)/t28-,29-/m1/s1. The van der Waals surface area contributed by atoms with E-state index >= 15 is 0 Å². The van der Waals surface area contributed by atoms with E-state index in [0.717, 1.165) is 12.1 Å². The Morgan fingerprint density at radius 2 is 1.49 bits per heavy atom. The van der Waals surface area contributed by atoms with E-state index in [2.05, 4.69) is 5.32 Å². The van der Waals surface area contributed by atoms with E-state index in [0.29, 0.717) is 28.9 Å². The Balaban J connectivity index is 1.55. The quantitative estimate of drug-likeness (QED) is 0.123. The molecule has 1 fully saturated rings. The SMILES string of the molecule is COCOc1ccc(F)c(F)c1C(=O)c1ccc(C(=O)O[C@@H]2CCCN(OC(=O)OC(C)(C)C)C[C@H]2NC(=O)c2cc(C)c(OCOC)c(C)c2)cc1. The minimum Gasteiger partial charge on any atom is -0.467 e. The molecule has 0 saturated carbocycles. The van der Waals surface area contributed by atoms with Gasteiger partial charge in [0.1, 0.15) is 28.8 Å². The number of nitrogens with zero attached hydrogens (tertiary/aromatic N) is 1. The first-order valence-electron chi connectivity index (χ1n) is 16.8. The molecule has 1 aliphatic rings. The molecular formula is C38H44F2N2O11. The van der Waals surface area contributed by atoms with E-state index in [1.165, 1.54) is 43.5 Å². The van der Waals surface area contributed by atoms with Crippen molar-refractivity contribution >= 4 is 23.8 Å². The van der Waals surface area contributed by atoms with Gasteiger partial charge in [-0.3, -0.25) is 9.59 Å². The Bertz CT molecular complexity index is 1770. The maximum atomic E-state index is 14.8. The molecule has 4 rings (SSSR count). The highest BCUT2D eigenvalue weighted by Crippen LogP contribution is 2.28. The number of nitrogens with one attached hydrogen (secondary N) is 1. The third kappa shape index (κ3) is 10.9. The average Bonchev–Trinajstić information content (AvgIpc) is 3.27. The highest BCUT2D eigenvalue weighted by Gasteiger charge is 2.34. The van der Waals surface area contributed by atoms with Gasteiger partial charge in [-0.25, -0.2) is 18.4 Å². The molecule has 286 valence electrons. The molecule has 2 atom stereocenters. The summed E-state index contributed by atoms with van der Waals surface area (Å²) in [6, 6.07) is 9.58. The third-order valence-electron chi connectivity index (χ3n) is 7.96. The summed E-state index contributed by atoms with van der Waals surface area (Å²) in [4.78, 5) is 58.4. The summed E-state index contributed by atoms with van der Waals surface area (Å²) in [7, 11) is 2.83. The number of aryl methyl sites for hydroxylation is 2. The molecular weight excluding hydrogens is 698 g/mol. The molecule has 0 radical (unpaired) electrons. The second kappa shape index (κ2) is 18.1. The predicted molar refractivity (Wildman–Crippen MR) is 186 cm³/mol. The Morgan fingerprint density at radius 1 is 0.868 bits per heavy atom. The second-order valence-electron chi connectivity index (χ2n) is 13.3. The molecule has 53 heavy (non-hydrogen) atoms. The minimum atomic E-state index is -1.39. The molecule has 1 aliphatic heterocycles. The van der Waals surface area contributed by atoms with E-state index in [4.69, 9.17) is 33.3 Å². The molecule has 0 aromatic heterocycles. The fraction of sp³-hybridized carbons (Fsp3) is 0.421. The number of hydrogen-bond acceptors (Lipinski definition) is 12. The second-order valence-corrected chi connectivity index (χ2v) is 13.3. The van der Waals surface area contributed by atoms with Crippen molar-refractivity contribution in [3.63, 3.8) is 0 Å². The molecule has 1 heterocycles. The van der Waals surface area contributed by atoms with Crippen molar-refractivity contribution in [2.75, 3.05) is 40.9 Å². The summed E-state index contributed by atoms with van der Waals surface area (Å²) in [5.41, 5.74) is 0.283. The number of methoxy groups -OCH3 is 2. The summed E-state index contributed by atoms with van der Waals surface area (Å²) in [5, 5.41) is 4.28. The first-order chi connectivity index (χ1) is 25.1. The maximum Gasteiger partial charge on any atom is 0.528 e. The van der Waals surface area contributed by atoms with Crippen LogP contribution in [0.15, 0.2) is 48.5 Å². The van der Waals surface area contributed by atoms with Gasteiger partial charge in [0.15, 0.2) is 31.0 Å². The number of amides is 1. The summed E-state index contributed by atoms with van der Waals surface area (Å²) >= 11 is 0. The van der Waals surface area contributed by atoms with Crippen LogP contribution < -0.4 is 14.8 Å². The number of ether oxygens (including phenoxy) is 6. The van der Waals surface area contributed by atoms with Crippen LogP contribution in [0.3, 0.4) is 0 Å². The molecule has 3 aromatic carbocycles. The van der Waals surface area contributed by atoms with Gasteiger partial charge < -0.3 is 38.6 Å². The molecule has 0 unspecified atom stereocenters. The molecule has 1 amide bonds. The average molecular weight is 743 g/mol. The van der Waals surface area contributed by atoms with Gasteiger partial charge in [-0.2, -0.15) is 0 Å². The Morgan fingerprint density at radius 3 is 2.11 bits per heavy atom. The summed E-state index contributed by atoms with van der Waals surface area (Å²) < 4.78 is 60.8. The molecule has 15 heteroatoms. The molecule has 0 spiro atoms. The molecule has 1 saturated heterocycles. The normalized spacial score (nSPS) is 16.2. The van der Waals surface area contributed by atoms with Crippen LogP contribution in [0.4, 0.5) is 13.6 Å². The number of esters is 1. The number of carbonyl (C=O) groups excluding carboxylic acids is 4. The monoisotopic (exact) mass is 742 g/mol. The van der Waals surface area contributed by atoms with Gasteiger partial charge in [-0.1, -0.05) is 12.1 Å². The third-order valence-corrected chi connectivity index (χ3v) is 7.96. The van der Waals surface area contributed by atoms with Crippen LogP contribution in [0.1, 0.15) is 81.4 Å². The minimum absolute atomic E-state index is 0.0329. The van der Waals surface area contributed by atoms with E-state index in [1.807, 2.05) is 0 Å². The Kier molecular flexibility index (Phi) is 13.9. The number of ketones is 1. The van der Waals surface area contributed by atoms with Gasteiger partial charge in [0.25, 0.3) is 5.91 Å². The summed E-state index contributed by atoms with van der Waals surface area (Å²) in [6.07, 6.45) is -1.11. The fourth-order valence-corrected chi connectivity index (χ4v) is 5.61. The topological polar surface area (TPSA) is 148 Å². The fourth-order valence-electron chi connectivity index (χ4n) is 5.61. The van der Waals surface area contributed by atoms with E-state index < -0.39 is 58.8 Å². The number of hydroxylamine groups is 2. The van der Waals surface area contributed by atoms with Crippen molar-refractivity contribution < 1.29 is 61.2 Å². The highest BCUT2D eigenvalue weighted by molar-refractivity contribution is 6.11. The van der Waals surface area contributed by atoms with Crippen molar-refractivity contribution in [1.29, 1.82) is 0 Å². The zero-order valence-electron chi connectivity index (χ0n) is 30.7. The van der Waals surface area contributed by atoms with Crippen molar-refractivity contribution in [2.24, 2.45) is 0 Å². The largest absolute Gasteiger partial charge is 0.528 e. The summed E-state index contributed by atoms with van der Waals surface area (Å²) in [5.74, 6) is -4.39. The van der Waals surface area contributed by atoms with Gasteiger partial charge in [0.2, 0.25) is 0 Å². The zero-order valence-corrected chi connectivity index (χ0v) is 30.7. The van der Waals surface area contributed by atoms with Crippen molar-refractivity contribution in [1.82, 2.24) is 10.4 Å². The maximum absolute atomic E-state index is 14.8. The number of halogens is 2. The van der Waals surface area contributed by atoms with Gasteiger partial charge in [-0.15, -0.1) is 5.06 Å². The van der Waals surface area contributed by atoms with Crippen molar-refractivity contribution in [3.05, 3.63) is 93.5 Å². The Hall–Kier alpha value is -5.12. The first kappa shape index (κ1) is 40.6. The van der Waals surface area contributed by atoms with Crippen LogP contribution >= 0.6 is 0 Å². The van der Waals surface area contributed by atoms with E-state index in [-0.39, 0.29) is 50.0 Å². The van der Waals surface area contributed by atoms with Crippen LogP contribution in [0.25, 0.3) is 0 Å². The van der Waals surface area contributed by atoms with E-state index in [9.17, 15) is 28.0 Å². The van der Waals surface area contributed by atoms with Crippen LogP contribution in [0, 0.1) is 25.5 Å². The number of hydrogen-bond donors (Lipinski definition) is 1. The van der Waals surface area contributed by atoms with Crippen molar-refractivity contribution in [3.8, 4) is 11.5 Å². The zero-order chi connectivity index (χ0) is 38.9. The van der Waals surface area contributed by atoms with Gasteiger partial charge in [0.05, 0.1) is 18.2 Å². The molecule has 1 N–H and O–H groups in total. The van der Waals surface area contributed by atoms with Gasteiger partial charge >= 0.3 is 12.1 Å². The lowest BCUT2D eigenvalue weighted by Crippen LogP contribution is -2.50. The number of carbonyl (C=O) groups is 4. The first-order valence-corrected chi connectivity index (χ1v) is 16.8.